The molecule has 0 bridgehead atoms. The first-order valence-corrected chi connectivity index (χ1v) is 6.42. The Morgan fingerprint density at radius 2 is 2.00 bits per heavy atom. The van der Waals surface area contributed by atoms with Gasteiger partial charge in [-0.25, -0.2) is 0 Å². The van der Waals surface area contributed by atoms with Crippen LogP contribution in [0.5, 0.6) is 11.5 Å². The van der Waals surface area contributed by atoms with Gasteiger partial charge in [-0.3, -0.25) is 4.79 Å². The number of benzene rings is 1. The molecule has 1 atom stereocenters. The quantitative estimate of drug-likeness (QED) is 0.847. The van der Waals surface area contributed by atoms with E-state index in [2.05, 4.69) is 17.5 Å². The fourth-order valence-electron chi connectivity index (χ4n) is 2.19. The lowest BCUT2D eigenvalue weighted by atomic mass is 9.93. The summed E-state index contributed by atoms with van der Waals surface area (Å²) in [7, 11) is 3.17. The predicted molar refractivity (Wildman–Crippen MR) is 74.7 cm³/mol. The fourth-order valence-corrected chi connectivity index (χ4v) is 2.19. The number of allylic oxidation sites excluding steroid dienone is 2. The second kappa shape index (κ2) is 6.27. The molecule has 0 saturated heterocycles. The Kier molecular flexibility index (Phi) is 4.44. The number of methoxy groups -OCH3 is 2. The Balaban J connectivity index is 2.06. The zero-order valence-electron chi connectivity index (χ0n) is 11.3. The van der Waals surface area contributed by atoms with Crippen LogP contribution in [0.1, 0.15) is 19.3 Å². The topological polar surface area (TPSA) is 47.6 Å². The highest BCUT2D eigenvalue weighted by Gasteiger charge is 2.19. The lowest BCUT2D eigenvalue weighted by molar-refractivity contribution is -0.120. The highest BCUT2D eigenvalue weighted by molar-refractivity contribution is 5.93. The third kappa shape index (κ3) is 3.28. The third-order valence-electron chi connectivity index (χ3n) is 3.29. The van der Waals surface area contributed by atoms with Crippen molar-refractivity contribution in [2.75, 3.05) is 19.5 Å². The molecule has 1 aliphatic rings. The van der Waals surface area contributed by atoms with E-state index in [9.17, 15) is 4.79 Å². The smallest absolute Gasteiger partial charge is 0.227 e. The van der Waals surface area contributed by atoms with Crippen LogP contribution in [0.4, 0.5) is 5.69 Å². The standard InChI is InChI=1S/C15H19NO3/c1-18-13-9-8-12(10-14(13)19-2)16-15(17)11-6-4-3-5-7-11/h3-4,8-11H,5-7H2,1-2H3,(H,16,17)/t11-/m0/s1. The number of anilines is 1. The summed E-state index contributed by atoms with van der Waals surface area (Å²) in [5, 5.41) is 2.93. The minimum atomic E-state index is 0.0663. The van der Waals surface area contributed by atoms with Crippen LogP contribution in [-0.4, -0.2) is 20.1 Å². The molecular formula is C15H19NO3. The minimum absolute atomic E-state index is 0.0663. The molecule has 1 aliphatic carbocycles. The molecule has 4 heteroatoms. The van der Waals surface area contributed by atoms with Gasteiger partial charge in [-0.2, -0.15) is 0 Å². The summed E-state index contributed by atoms with van der Waals surface area (Å²) in [5.41, 5.74) is 0.734. The van der Waals surface area contributed by atoms with E-state index < -0.39 is 0 Å². The van der Waals surface area contributed by atoms with Crippen LogP contribution in [0.15, 0.2) is 30.4 Å². The van der Waals surface area contributed by atoms with Crippen LogP contribution < -0.4 is 14.8 Å². The number of amides is 1. The molecule has 0 radical (unpaired) electrons. The summed E-state index contributed by atoms with van der Waals surface area (Å²) in [5.74, 6) is 1.40. The molecule has 19 heavy (non-hydrogen) atoms. The number of carbonyl (C=O) groups is 1. The molecule has 1 aromatic carbocycles. The summed E-state index contributed by atoms with van der Waals surface area (Å²) in [6, 6.07) is 5.38. The Morgan fingerprint density at radius 1 is 1.21 bits per heavy atom. The van der Waals surface area contributed by atoms with E-state index in [0.29, 0.717) is 11.5 Å². The van der Waals surface area contributed by atoms with E-state index in [4.69, 9.17) is 9.47 Å². The van der Waals surface area contributed by atoms with Crippen LogP contribution in [0.3, 0.4) is 0 Å². The van der Waals surface area contributed by atoms with Gasteiger partial charge < -0.3 is 14.8 Å². The number of nitrogens with one attached hydrogen (secondary N) is 1. The van der Waals surface area contributed by atoms with Gasteiger partial charge in [0.2, 0.25) is 5.91 Å². The van der Waals surface area contributed by atoms with Gasteiger partial charge in [0.05, 0.1) is 14.2 Å². The predicted octanol–water partition coefficient (Wildman–Crippen LogP) is 3.00. The molecule has 2 rings (SSSR count). The van der Waals surface area contributed by atoms with Crippen molar-refractivity contribution in [1.82, 2.24) is 0 Å². The second-order valence-electron chi connectivity index (χ2n) is 4.54. The van der Waals surface area contributed by atoms with Gasteiger partial charge in [-0.1, -0.05) is 12.2 Å². The van der Waals surface area contributed by atoms with Crippen molar-refractivity contribution in [1.29, 1.82) is 0 Å². The van der Waals surface area contributed by atoms with Crippen molar-refractivity contribution >= 4 is 11.6 Å². The maximum atomic E-state index is 12.1. The van der Waals surface area contributed by atoms with Crippen LogP contribution in [0, 0.1) is 5.92 Å². The highest BCUT2D eigenvalue weighted by Crippen LogP contribution is 2.30. The molecule has 0 heterocycles. The van der Waals surface area contributed by atoms with Crippen molar-refractivity contribution in [2.45, 2.75) is 19.3 Å². The zero-order chi connectivity index (χ0) is 13.7. The molecule has 102 valence electrons. The van der Waals surface area contributed by atoms with Crippen LogP contribution in [-0.2, 0) is 4.79 Å². The van der Waals surface area contributed by atoms with Gasteiger partial charge in [0.15, 0.2) is 11.5 Å². The molecule has 4 nitrogen and oxygen atoms in total. The third-order valence-corrected chi connectivity index (χ3v) is 3.29. The first kappa shape index (κ1) is 13.5. The van der Waals surface area contributed by atoms with E-state index in [0.717, 1.165) is 24.9 Å². The Labute approximate surface area is 113 Å². The molecule has 0 saturated carbocycles. The number of ether oxygens (including phenoxy) is 2. The first-order valence-electron chi connectivity index (χ1n) is 6.42. The maximum absolute atomic E-state index is 12.1. The summed E-state index contributed by atoms with van der Waals surface area (Å²) < 4.78 is 10.4. The summed E-state index contributed by atoms with van der Waals surface area (Å²) >= 11 is 0. The van der Waals surface area contributed by atoms with Crippen molar-refractivity contribution < 1.29 is 14.3 Å². The fraction of sp³-hybridized carbons (Fsp3) is 0.400. The molecule has 0 aromatic heterocycles. The summed E-state index contributed by atoms with van der Waals surface area (Å²) in [6.45, 7) is 0. The Morgan fingerprint density at radius 3 is 2.63 bits per heavy atom. The average molecular weight is 261 g/mol. The van der Waals surface area contributed by atoms with E-state index >= 15 is 0 Å². The lowest BCUT2D eigenvalue weighted by Gasteiger charge is -2.17. The van der Waals surface area contributed by atoms with Gasteiger partial charge in [0.1, 0.15) is 0 Å². The SMILES string of the molecule is COc1ccc(NC(=O)[C@H]2CC=CCC2)cc1OC. The van der Waals surface area contributed by atoms with Crippen molar-refractivity contribution in [3.63, 3.8) is 0 Å². The molecule has 0 spiro atoms. The molecule has 1 N–H and O–H groups in total. The van der Waals surface area contributed by atoms with Gasteiger partial charge >= 0.3 is 0 Å². The summed E-state index contributed by atoms with van der Waals surface area (Å²) in [6.07, 6.45) is 6.90. The number of hydrogen-bond acceptors (Lipinski definition) is 3. The number of hydrogen-bond donors (Lipinski definition) is 1. The summed E-state index contributed by atoms with van der Waals surface area (Å²) in [4.78, 5) is 12.1. The van der Waals surface area contributed by atoms with Gasteiger partial charge in [0.25, 0.3) is 0 Å². The minimum Gasteiger partial charge on any atom is -0.493 e. The Hall–Kier alpha value is -1.97. The van der Waals surface area contributed by atoms with Crippen LogP contribution in [0.25, 0.3) is 0 Å². The molecular weight excluding hydrogens is 242 g/mol. The van der Waals surface area contributed by atoms with Crippen molar-refractivity contribution in [2.24, 2.45) is 5.92 Å². The first-order chi connectivity index (χ1) is 9.24. The Bertz CT molecular complexity index is 482. The highest BCUT2D eigenvalue weighted by atomic mass is 16.5. The van der Waals surface area contributed by atoms with E-state index in [1.54, 1.807) is 26.4 Å². The maximum Gasteiger partial charge on any atom is 0.227 e. The number of carbonyl (C=O) groups excluding carboxylic acids is 1. The van der Waals surface area contributed by atoms with E-state index in [-0.39, 0.29) is 11.8 Å². The molecule has 0 unspecified atom stereocenters. The lowest BCUT2D eigenvalue weighted by Crippen LogP contribution is -2.23. The molecule has 1 amide bonds. The van der Waals surface area contributed by atoms with Gasteiger partial charge in [-0.05, 0) is 31.4 Å². The van der Waals surface area contributed by atoms with Crippen LogP contribution >= 0.6 is 0 Å². The van der Waals surface area contributed by atoms with E-state index in [1.165, 1.54) is 0 Å². The molecule has 1 aromatic rings. The number of rotatable bonds is 4. The van der Waals surface area contributed by atoms with Gasteiger partial charge in [-0.15, -0.1) is 0 Å². The molecule has 0 aliphatic heterocycles. The molecule has 0 fully saturated rings. The average Bonchev–Trinajstić information content (AvgIpc) is 2.48. The van der Waals surface area contributed by atoms with Crippen molar-refractivity contribution in [3.8, 4) is 11.5 Å². The van der Waals surface area contributed by atoms with Crippen LogP contribution in [0.2, 0.25) is 0 Å². The second-order valence-corrected chi connectivity index (χ2v) is 4.54. The van der Waals surface area contributed by atoms with E-state index in [1.807, 2.05) is 6.07 Å². The normalized spacial score (nSPS) is 17.9. The van der Waals surface area contributed by atoms with Crippen molar-refractivity contribution in [3.05, 3.63) is 30.4 Å². The monoisotopic (exact) mass is 261 g/mol. The largest absolute Gasteiger partial charge is 0.493 e. The zero-order valence-corrected chi connectivity index (χ0v) is 11.3. The van der Waals surface area contributed by atoms with Gasteiger partial charge in [0, 0.05) is 17.7 Å².